The highest BCUT2D eigenvalue weighted by Gasteiger charge is 2.24. The quantitative estimate of drug-likeness (QED) is 0.689. The van der Waals surface area contributed by atoms with Crippen LogP contribution in [0.15, 0.2) is 0 Å². The van der Waals surface area contributed by atoms with Crippen LogP contribution in [0.25, 0.3) is 0 Å². The molecule has 0 aromatic heterocycles. The van der Waals surface area contributed by atoms with Crippen LogP contribution in [0.1, 0.15) is 38.5 Å². The van der Waals surface area contributed by atoms with Crippen molar-refractivity contribution >= 4 is 0 Å². The standard InChI is InChI=1S/C11H22N2/c1-12-10-3-2-4-11(7-10)13-8-9-5-6-9/h9-13H,2-8H2,1H3. The van der Waals surface area contributed by atoms with Crippen LogP contribution in [0, 0.1) is 5.92 Å². The summed E-state index contributed by atoms with van der Waals surface area (Å²) in [5.74, 6) is 1.02. The molecule has 0 radical (unpaired) electrons. The molecule has 2 N–H and O–H groups in total. The Morgan fingerprint density at radius 3 is 2.54 bits per heavy atom. The van der Waals surface area contributed by atoms with Gasteiger partial charge in [-0.1, -0.05) is 6.42 Å². The molecular formula is C11H22N2. The lowest BCUT2D eigenvalue weighted by atomic mass is 9.91. The molecule has 2 saturated carbocycles. The molecule has 0 saturated heterocycles. The van der Waals surface area contributed by atoms with Crippen LogP contribution in [0.4, 0.5) is 0 Å². The Morgan fingerprint density at radius 2 is 1.85 bits per heavy atom. The Labute approximate surface area is 81.5 Å². The van der Waals surface area contributed by atoms with Crippen molar-refractivity contribution in [3.8, 4) is 0 Å². The van der Waals surface area contributed by atoms with Gasteiger partial charge in [-0.25, -0.2) is 0 Å². The molecule has 2 fully saturated rings. The lowest BCUT2D eigenvalue weighted by Gasteiger charge is -2.29. The minimum absolute atomic E-state index is 0.769. The zero-order valence-electron chi connectivity index (χ0n) is 8.68. The molecule has 0 heterocycles. The van der Waals surface area contributed by atoms with Crippen LogP contribution in [0.5, 0.6) is 0 Å². The third-order valence-electron chi connectivity index (χ3n) is 3.47. The second-order valence-electron chi connectivity index (χ2n) is 4.70. The summed E-state index contributed by atoms with van der Waals surface area (Å²) in [6.07, 6.45) is 8.43. The van der Waals surface area contributed by atoms with E-state index in [-0.39, 0.29) is 0 Å². The molecule has 13 heavy (non-hydrogen) atoms. The van der Waals surface area contributed by atoms with E-state index >= 15 is 0 Å². The molecule has 2 rings (SSSR count). The highest BCUT2D eigenvalue weighted by Crippen LogP contribution is 2.28. The van der Waals surface area contributed by atoms with E-state index in [1.807, 2.05) is 0 Å². The number of hydrogen-bond acceptors (Lipinski definition) is 2. The SMILES string of the molecule is CNC1CCCC(NCC2CC2)C1. The van der Waals surface area contributed by atoms with Crippen molar-refractivity contribution in [3.05, 3.63) is 0 Å². The molecule has 2 heteroatoms. The Balaban J connectivity index is 1.65. The first-order valence-corrected chi connectivity index (χ1v) is 5.79. The molecule has 76 valence electrons. The van der Waals surface area contributed by atoms with Gasteiger partial charge in [0.2, 0.25) is 0 Å². The van der Waals surface area contributed by atoms with Crippen molar-refractivity contribution < 1.29 is 0 Å². The average molecular weight is 182 g/mol. The second-order valence-corrected chi connectivity index (χ2v) is 4.70. The molecule has 2 nitrogen and oxygen atoms in total. The number of rotatable bonds is 4. The first-order valence-electron chi connectivity index (χ1n) is 5.79. The van der Waals surface area contributed by atoms with Crippen LogP contribution in [0.2, 0.25) is 0 Å². The smallest absolute Gasteiger partial charge is 0.00819 e. The molecule has 2 aliphatic carbocycles. The normalized spacial score (nSPS) is 34.8. The minimum atomic E-state index is 0.769. The van der Waals surface area contributed by atoms with Crippen molar-refractivity contribution in [3.63, 3.8) is 0 Å². The van der Waals surface area contributed by atoms with E-state index in [1.54, 1.807) is 0 Å². The topological polar surface area (TPSA) is 24.1 Å². The van der Waals surface area contributed by atoms with Crippen LogP contribution in [-0.2, 0) is 0 Å². The number of hydrogen-bond donors (Lipinski definition) is 2. The van der Waals surface area contributed by atoms with Gasteiger partial charge in [-0.2, -0.15) is 0 Å². The molecule has 0 amide bonds. The molecule has 0 aromatic carbocycles. The summed E-state index contributed by atoms with van der Waals surface area (Å²) >= 11 is 0. The summed E-state index contributed by atoms with van der Waals surface area (Å²) in [5.41, 5.74) is 0. The van der Waals surface area contributed by atoms with Crippen LogP contribution in [-0.4, -0.2) is 25.7 Å². The lowest BCUT2D eigenvalue weighted by molar-refractivity contribution is 0.311. The fourth-order valence-corrected chi connectivity index (χ4v) is 2.29. The molecule has 0 spiro atoms. The van der Waals surface area contributed by atoms with E-state index in [9.17, 15) is 0 Å². The fraction of sp³-hybridized carbons (Fsp3) is 1.00. The van der Waals surface area contributed by atoms with Crippen molar-refractivity contribution in [1.82, 2.24) is 10.6 Å². The second kappa shape index (κ2) is 4.43. The Kier molecular flexibility index (Phi) is 3.23. The third kappa shape index (κ3) is 2.96. The highest BCUT2D eigenvalue weighted by molar-refractivity contribution is 4.84. The van der Waals surface area contributed by atoms with Gasteiger partial charge in [-0.3, -0.25) is 0 Å². The Bertz CT molecular complexity index is 154. The first kappa shape index (κ1) is 9.47. The zero-order chi connectivity index (χ0) is 9.10. The number of nitrogens with one attached hydrogen (secondary N) is 2. The van der Waals surface area contributed by atoms with Gasteiger partial charge in [0.25, 0.3) is 0 Å². The maximum atomic E-state index is 3.71. The van der Waals surface area contributed by atoms with E-state index in [0.29, 0.717) is 0 Å². The van der Waals surface area contributed by atoms with Gasteiger partial charge in [0.1, 0.15) is 0 Å². The fourth-order valence-electron chi connectivity index (χ4n) is 2.29. The Morgan fingerprint density at radius 1 is 1.08 bits per heavy atom. The van der Waals surface area contributed by atoms with E-state index in [1.165, 1.54) is 45.1 Å². The van der Waals surface area contributed by atoms with Crippen LogP contribution < -0.4 is 10.6 Å². The monoisotopic (exact) mass is 182 g/mol. The van der Waals surface area contributed by atoms with Crippen molar-refractivity contribution in [2.45, 2.75) is 50.6 Å². The van der Waals surface area contributed by atoms with Gasteiger partial charge < -0.3 is 10.6 Å². The molecule has 0 aromatic rings. The Hall–Kier alpha value is -0.0800. The van der Waals surface area contributed by atoms with Gasteiger partial charge in [0, 0.05) is 12.1 Å². The molecule has 2 aliphatic rings. The van der Waals surface area contributed by atoms with Gasteiger partial charge in [-0.05, 0) is 51.6 Å². The van der Waals surface area contributed by atoms with Crippen molar-refractivity contribution in [2.75, 3.05) is 13.6 Å². The van der Waals surface area contributed by atoms with E-state index < -0.39 is 0 Å². The lowest BCUT2D eigenvalue weighted by Crippen LogP contribution is -2.41. The largest absolute Gasteiger partial charge is 0.317 e. The summed E-state index contributed by atoms with van der Waals surface area (Å²) < 4.78 is 0. The van der Waals surface area contributed by atoms with Gasteiger partial charge in [-0.15, -0.1) is 0 Å². The summed E-state index contributed by atoms with van der Waals surface area (Å²) in [5, 5.41) is 7.10. The molecule has 0 aliphatic heterocycles. The van der Waals surface area contributed by atoms with Gasteiger partial charge in [0.15, 0.2) is 0 Å². The molecule has 2 atom stereocenters. The summed E-state index contributed by atoms with van der Waals surface area (Å²) in [4.78, 5) is 0. The van der Waals surface area contributed by atoms with Gasteiger partial charge in [0.05, 0.1) is 0 Å². The summed E-state index contributed by atoms with van der Waals surface area (Å²) in [6.45, 7) is 1.28. The first-order chi connectivity index (χ1) is 6.38. The molecule has 2 unspecified atom stereocenters. The highest BCUT2D eigenvalue weighted by atomic mass is 15.0. The molecular weight excluding hydrogens is 160 g/mol. The van der Waals surface area contributed by atoms with Crippen molar-refractivity contribution in [2.24, 2.45) is 5.92 Å². The van der Waals surface area contributed by atoms with Crippen LogP contribution in [0.3, 0.4) is 0 Å². The van der Waals surface area contributed by atoms with Crippen LogP contribution >= 0.6 is 0 Å². The van der Waals surface area contributed by atoms with E-state index in [0.717, 1.165) is 18.0 Å². The zero-order valence-corrected chi connectivity index (χ0v) is 8.68. The summed E-state index contributed by atoms with van der Waals surface area (Å²) in [7, 11) is 2.09. The summed E-state index contributed by atoms with van der Waals surface area (Å²) in [6, 6.07) is 1.57. The third-order valence-corrected chi connectivity index (χ3v) is 3.47. The maximum absolute atomic E-state index is 3.71. The predicted molar refractivity (Wildman–Crippen MR) is 55.8 cm³/mol. The van der Waals surface area contributed by atoms with E-state index in [2.05, 4.69) is 17.7 Å². The molecule has 0 bridgehead atoms. The van der Waals surface area contributed by atoms with Gasteiger partial charge >= 0.3 is 0 Å². The predicted octanol–water partition coefficient (Wildman–Crippen LogP) is 1.52. The van der Waals surface area contributed by atoms with Crippen molar-refractivity contribution in [1.29, 1.82) is 0 Å². The average Bonchev–Trinajstić information content (AvgIpc) is 2.99. The van der Waals surface area contributed by atoms with E-state index in [4.69, 9.17) is 0 Å². The minimum Gasteiger partial charge on any atom is -0.317 e. The maximum Gasteiger partial charge on any atom is 0.00819 e.